The molecule has 4 aromatic carbocycles. The second-order valence-electron chi connectivity index (χ2n) is 10.5. The van der Waals surface area contributed by atoms with Gasteiger partial charge in [-0.1, -0.05) is 12.1 Å². The molecule has 0 fully saturated rings. The molecule has 6 rings (SSSR count). The summed E-state index contributed by atoms with van der Waals surface area (Å²) in [6.45, 7) is -1.27. The van der Waals surface area contributed by atoms with E-state index in [1.54, 1.807) is 0 Å². The SMILES string of the molecule is Fc1ccc(N2COc3ccc(C(c4ccc5c(c4)CN(c4ccc(F)cc4F)CO5)(C(F)(F)F)C(F)(F)F)cc3C2)c(F)c1. The fourth-order valence-electron chi connectivity index (χ4n) is 5.72. The summed E-state index contributed by atoms with van der Waals surface area (Å²) < 4.78 is 157. The van der Waals surface area contributed by atoms with Crippen molar-refractivity contribution in [3.8, 4) is 11.5 Å². The fraction of sp³-hybridized carbons (Fsp3) is 0.226. The molecule has 2 heterocycles. The number of hydrogen-bond donors (Lipinski definition) is 0. The van der Waals surface area contributed by atoms with Gasteiger partial charge in [0.25, 0.3) is 0 Å². The molecule has 45 heavy (non-hydrogen) atoms. The first-order valence-corrected chi connectivity index (χ1v) is 13.2. The summed E-state index contributed by atoms with van der Waals surface area (Å²) in [5.74, 6) is -3.76. The number of benzene rings is 4. The molecule has 2 aliphatic heterocycles. The quantitative estimate of drug-likeness (QED) is 0.209. The number of fused-ring (bicyclic) bond motifs is 2. The molecule has 0 unspecified atom stereocenters. The summed E-state index contributed by atoms with van der Waals surface area (Å²) >= 11 is 0. The molecule has 2 aliphatic rings. The fourth-order valence-corrected chi connectivity index (χ4v) is 5.72. The standard InChI is InChI=1S/C31H20F10N2O2/c32-21-3-5-25(23(34)11-21)42-13-17-9-19(1-7-27(17)44-15-42)29(30(36,37)38,31(39,40)41)20-2-8-28-18(10-20)14-43(16-45-28)26-6-4-22(33)12-24(26)35/h1-12H,13-16H2. The number of hydrogen-bond acceptors (Lipinski definition) is 4. The lowest BCUT2D eigenvalue weighted by Crippen LogP contribution is -2.55. The van der Waals surface area contributed by atoms with Gasteiger partial charge in [-0.3, -0.25) is 0 Å². The van der Waals surface area contributed by atoms with Crippen LogP contribution in [0.2, 0.25) is 0 Å². The van der Waals surface area contributed by atoms with E-state index in [1.807, 2.05) is 0 Å². The monoisotopic (exact) mass is 642 g/mol. The maximum absolute atomic E-state index is 15.0. The molecule has 0 radical (unpaired) electrons. The zero-order valence-corrected chi connectivity index (χ0v) is 22.7. The van der Waals surface area contributed by atoms with E-state index in [0.717, 1.165) is 36.4 Å². The number of rotatable bonds is 4. The maximum Gasteiger partial charge on any atom is 0.411 e. The average molecular weight is 642 g/mol. The van der Waals surface area contributed by atoms with Gasteiger partial charge in [-0.2, -0.15) is 26.3 Å². The van der Waals surface area contributed by atoms with E-state index in [4.69, 9.17) is 9.47 Å². The molecule has 0 aromatic heterocycles. The molecule has 0 spiro atoms. The van der Waals surface area contributed by atoms with Crippen molar-refractivity contribution in [1.29, 1.82) is 0 Å². The molecule has 0 amide bonds. The first-order chi connectivity index (χ1) is 21.2. The van der Waals surface area contributed by atoms with Gasteiger partial charge in [-0.15, -0.1) is 0 Å². The topological polar surface area (TPSA) is 24.9 Å². The van der Waals surface area contributed by atoms with Crippen LogP contribution in [0.4, 0.5) is 55.3 Å². The van der Waals surface area contributed by atoms with Gasteiger partial charge in [-0.25, -0.2) is 17.6 Å². The van der Waals surface area contributed by atoms with E-state index < -0.39 is 52.2 Å². The smallest absolute Gasteiger partial charge is 0.411 e. The van der Waals surface area contributed by atoms with Crippen LogP contribution in [0.15, 0.2) is 72.8 Å². The predicted molar refractivity (Wildman–Crippen MR) is 142 cm³/mol. The molecule has 0 saturated carbocycles. The van der Waals surface area contributed by atoms with E-state index >= 15 is 0 Å². The van der Waals surface area contributed by atoms with Gasteiger partial charge in [0.05, 0.1) is 11.4 Å². The summed E-state index contributed by atoms with van der Waals surface area (Å²) in [6.07, 6.45) is -11.9. The van der Waals surface area contributed by atoms with Gasteiger partial charge in [0.15, 0.2) is 13.5 Å². The number of anilines is 2. The summed E-state index contributed by atoms with van der Waals surface area (Å²) in [4.78, 5) is 2.40. The van der Waals surface area contributed by atoms with Crippen LogP contribution in [0.3, 0.4) is 0 Å². The number of nitrogens with zero attached hydrogens (tertiary/aromatic N) is 2. The Morgan fingerprint density at radius 1 is 0.511 bits per heavy atom. The van der Waals surface area contributed by atoms with Crippen LogP contribution >= 0.6 is 0 Å². The average Bonchev–Trinajstić information content (AvgIpc) is 2.95. The van der Waals surface area contributed by atoms with Crippen LogP contribution in [-0.2, 0) is 18.5 Å². The first kappa shape index (κ1) is 30.4. The summed E-state index contributed by atoms with van der Waals surface area (Å²) in [5, 5.41) is 0. The number of ether oxygens (including phenoxy) is 2. The summed E-state index contributed by atoms with van der Waals surface area (Å²) in [7, 11) is 0. The van der Waals surface area contributed by atoms with Crippen molar-refractivity contribution in [1.82, 2.24) is 0 Å². The normalized spacial score (nSPS) is 15.2. The van der Waals surface area contributed by atoms with Crippen molar-refractivity contribution in [2.75, 3.05) is 23.3 Å². The van der Waals surface area contributed by atoms with E-state index in [0.29, 0.717) is 36.4 Å². The van der Waals surface area contributed by atoms with Gasteiger partial charge in [0.1, 0.15) is 34.8 Å². The van der Waals surface area contributed by atoms with E-state index in [-0.39, 0.29) is 60.6 Å². The van der Waals surface area contributed by atoms with Gasteiger partial charge in [-0.05, 0) is 59.7 Å². The minimum absolute atomic E-state index is 0.00780. The summed E-state index contributed by atoms with van der Waals surface area (Å²) in [6, 6.07) is 9.96. The molecular formula is C31H20F10N2O2. The molecule has 0 aliphatic carbocycles. The molecule has 0 bridgehead atoms. The van der Waals surface area contributed by atoms with E-state index in [9.17, 15) is 43.9 Å². The van der Waals surface area contributed by atoms with Gasteiger partial charge in [0.2, 0.25) is 5.41 Å². The maximum atomic E-state index is 15.0. The Hall–Kier alpha value is -4.62. The number of alkyl halides is 6. The van der Waals surface area contributed by atoms with Crippen LogP contribution in [0, 0.1) is 23.3 Å². The minimum atomic E-state index is -5.93. The van der Waals surface area contributed by atoms with Crippen molar-refractivity contribution >= 4 is 11.4 Å². The lowest BCUT2D eigenvalue weighted by Gasteiger charge is -2.40. The van der Waals surface area contributed by atoms with Crippen molar-refractivity contribution in [2.45, 2.75) is 30.9 Å². The lowest BCUT2D eigenvalue weighted by atomic mass is 9.72. The third-order valence-electron chi connectivity index (χ3n) is 7.81. The molecule has 236 valence electrons. The summed E-state index contributed by atoms with van der Waals surface area (Å²) in [5.41, 5.74) is -7.42. The Balaban J connectivity index is 1.44. The minimum Gasteiger partial charge on any atom is -0.473 e. The number of halogens is 10. The highest BCUT2D eigenvalue weighted by Crippen LogP contribution is 2.57. The van der Waals surface area contributed by atoms with Gasteiger partial charge < -0.3 is 19.3 Å². The first-order valence-electron chi connectivity index (χ1n) is 13.2. The zero-order chi connectivity index (χ0) is 32.3. The predicted octanol–water partition coefficient (Wildman–Crippen LogP) is 8.37. The van der Waals surface area contributed by atoms with E-state index in [2.05, 4.69) is 0 Å². The van der Waals surface area contributed by atoms with E-state index in [1.165, 1.54) is 9.80 Å². The Bertz CT molecular complexity index is 1640. The van der Waals surface area contributed by atoms with Crippen molar-refractivity contribution in [3.05, 3.63) is 118 Å². The second kappa shape index (κ2) is 10.8. The van der Waals surface area contributed by atoms with Crippen LogP contribution in [-0.4, -0.2) is 25.8 Å². The highest BCUT2D eigenvalue weighted by atomic mass is 19.4. The van der Waals surface area contributed by atoms with Crippen molar-refractivity contribution in [3.63, 3.8) is 0 Å². The van der Waals surface area contributed by atoms with Gasteiger partial charge >= 0.3 is 12.4 Å². The Morgan fingerprint density at radius 2 is 0.911 bits per heavy atom. The molecule has 14 heteroatoms. The molecule has 0 N–H and O–H groups in total. The van der Waals surface area contributed by atoms with Crippen LogP contribution < -0.4 is 19.3 Å². The van der Waals surface area contributed by atoms with Crippen LogP contribution in [0.25, 0.3) is 0 Å². The molecule has 0 saturated heterocycles. The molecule has 0 atom stereocenters. The lowest BCUT2D eigenvalue weighted by molar-refractivity contribution is -0.288. The highest BCUT2D eigenvalue weighted by molar-refractivity contribution is 5.57. The third-order valence-corrected chi connectivity index (χ3v) is 7.81. The molecular weight excluding hydrogens is 622 g/mol. The largest absolute Gasteiger partial charge is 0.473 e. The molecule has 4 nitrogen and oxygen atoms in total. The van der Waals surface area contributed by atoms with Crippen molar-refractivity contribution in [2.24, 2.45) is 0 Å². The molecule has 4 aromatic rings. The van der Waals surface area contributed by atoms with Crippen molar-refractivity contribution < 1.29 is 53.4 Å². The Morgan fingerprint density at radius 3 is 1.27 bits per heavy atom. The highest BCUT2D eigenvalue weighted by Gasteiger charge is 2.72. The zero-order valence-electron chi connectivity index (χ0n) is 22.7. The Labute approximate surface area is 249 Å². The van der Waals surface area contributed by atoms with Crippen LogP contribution in [0.1, 0.15) is 22.3 Å². The second-order valence-corrected chi connectivity index (χ2v) is 10.5. The van der Waals surface area contributed by atoms with Crippen LogP contribution in [0.5, 0.6) is 11.5 Å². The Kier molecular flexibility index (Phi) is 7.28. The van der Waals surface area contributed by atoms with Gasteiger partial charge in [0, 0.05) is 36.3 Å². The third kappa shape index (κ3) is 5.15.